The molecule has 10 heteroatoms. The van der Waals surface area contributed by atoms with E-state index in [-0.39, 0.29) is 18.9 Å². The Morgan fingerprint density at radius 2 is 2.24 bits per heavy atom. The van der Waals surface area contributed by atoms with E-state index in [1.54, 1.807) is 24.5 Å². The molecule has 0 fully saturated rings. The van der Waals surface area contributed by atoms with E-state index in [0.29, 0.717) is 0 Å². The number of nitrogens with one attached hydrogen (secondary N) is 1. The maximum Gasteiger partial charge on any atom is 0.490 e. The molecule has 0 aliphatic heterocycles. The van der Waals surface area contributed by atoms with Crippen LogP contribution in [0.2, 0.25) is 0 Å². The lowest BCUT2D eigenvalue weighted by atomic mass is 10.3. The predicted molar refractivity (Wildman–Crippen MR) is 71.3 cm³/mol. The topological polar surface area (TPSA) is 128 Å². The number of carbonyl (C=O) groups excluding carboxylic acids is 1. The predicted octanol–water partition coefficient (Wildman–Crippen LogP) is 0.122. The standard InChI is InChI=1S/C11H11N7O3/c19-10(15-14-7-9-1-4-12-5-2-9)3-6-17-8-13-11(16-17)18(20)21/h1-2,4-5,7-8H,3,6H2,(H,15,19). The van der Waals surface area contributed by atoms with Crippen molar-refractivity contribution in [2.75, 3.05) is 0 Å². The fourth-order valence-electron chi connectivity index (χ4n) is 1.38. The second kappa shape index (κ2) is 6.84. The van der Waals surface area contributed by atoms with Crippen LogP contribution < -0.4 is 5.43 Å². The summed E-state index contributed by atoms with van der Waals surface area (Å²) in [6.07, 6.45) is 5.99. The number of nitrogens with zero attached hydrogens (tertiary/aromatic N) is 6. The zero-order chi connectivity index (χ0) is 15.1. The molecule has 0 atom stereocenters. The molecule has 1 amide bonds. The first kappa shape index (κ1) is 14.2. The Morgan fingerprint density at radius 1 is 1.48 bits per heavy atom. The van der Waals surface area contributed by atoms with Gasteiger partial charge in [0.2, 0.25) is 12.2 Å². The first-order valence-electron chi connectivity index (χ1n) is 5.91. The van der Waals surface area contributed by atoms with E-state index < -0.39 is 10.9 Å². The minimum atomic E-state index is -0.699. The van der Waals surface area contributed by atoms with Crippen LogP contribution in [0.3, 0.4) is 0 Å². The van der Waals surface area contributed by atoms with Crippen LogP contribution in [0.25, 0.3) is 0 Å². The number of aromatic nitrogens is 4. The third-order valence-electron chi connectivity index (χ3n) is 2.36. The number of hydrazone groups is 1. The van der Waals surface area contributed by atoms with Crippen LogP contribution in [0.5, 0.6) is 0 Å². The third-order valence-corrected chi connectivity index (χ3v) is 2.36. The zero-order valence-corrected chi connectivity index (χ0v) is 10.8. The Hall–Kier alpha value is -3.17. The molecule has 2 aromatic heterocycles. The van der Waals surface area contributed by atoms with E-state index in [4.69, 9.17) is 0 Å². The number of rotatable bonds is 6. The van der Waals surface area contributed by atoms with Crippen molar-refractivity contribution in [1.29, 1.82) is 0 Å². The Morgan fingerprint density at radius 3 is 2.90 bits per heavy atom. The highest BCUT2D eigenvalue weighted by molar-refractivity contribution is 5.82. The van der Waals surface area contributed by atoms with Crippen molar-refractivity contribution in [3.05, 3.63) is 46.5 Å². The first-order valence-corrected chi connectivity index (χ1v) is 5.91. The number of hydrogen-bond donors (Lipinski definition) is 1. The van der Waals surface area contributed by atoms with E-state index in [1.165, 1.54) is 17.2 Å². The van der Waals surface area contributed by atoms with Crippen LogP contribution in [0, 0.1) is 10.1 Å². The Kier molecular flexibility index (Phi) is 4.64. The summed E-state index contributed by atoms with van der Waals surface area (Å²) in [4.78, 5) is 28.5. The van der Waals surface area contributed by atoms with Crippen LogP contribution in [0.4, 0.5) is 5.95 Å². The summed E-state index contributed by atoms with van der Waals surface area (Å²) in [6, 6.07) is 3.48. The van der Waals surface area contributed by atoms with Gasteiger partial charge in [-0.25, -0.2) is 5.43 Å². The second-order valence-electron chi connectivity index (χ2n) is 3.89. The largest absolute Gasteiger partial charge is 0.490 e. The maximum atomic E-state index is 11.5. The fraction of sp³-hybridized carbons (Fsp3) is 0.182. The number of carbonyl (C=O) groups is 1. The van der Waals surface area contributed by atoms with Crippen LogP contribution in [-0.4, -0.2) is 36.8 Å². The Labute approximate surface area is 118 Å². The van der Waals surface area contributed by atoms with Crippen molar-refractivity contribution in [3.8, 4) is 0 Å². The minimum Gasteiger partial charge on any atom is -0.390 e. The van der Waals surface area contributed by atoms with Crippen molar-refractivity contribution in [2.45, 2.75) is 13.0 Å². The molecule has 0 aliphatic carbocycles. The van der Waals surface area contributed by atoms with Gasteiger partial charge in [0.25, 0.3) is 0 Å². The normalized spacial score (nSPS) is 10.7. The molecule has 0 radical (unpaired) electrons. The van der Waals surface area contributed by atoms with Gasteiger partial charge in [-0.1, -0.05) is 4.98 Å². The summed E-state index contributed by atoms with van der Waals surface area (Å²) in [5.74, 6) is -0.829. The number of pyridine rings is 1. The first-order chi connectivity index (χ1) is 10.1. The Bertz CT molecular complexity index is 653. The SMILES string of the molecule is O=C(CCn1cnc([N+](=O)[O-])n1)NN=Cc1ccncc1. The summed E-state index contributed by atoms with van der Waals surface area (Å²) in [7, 11) is 0. The van der Waals surface area contributed by atoms with Gasteiger partial charge >= 0.3 is 5.95 Å². The molecule has 2 rings (SSSR count). The molecule has 0 saturated carbocycles. The molecule has 0 saturated heterocycles. The maximum absolute atomic E-state index is 11.5. The van der Waals surface area contributed by atoms with Crippen molar-refractivity contribution < 1.29 is 9.72 Å². The van der Waals surface area contributed by atoms with Gasteiger partial charge in [-0.2, -0.15) is 9.78 Å². The van der Waals surface area contributed by atoms with Gasteiger partial charge in [0.1, 0.15) is 0 Å². The van der Waals surface area contributed by atoms with Gasteiger partial charge in [0, 0.05) is 23.9 Å². The number of nitro groups is 1. The lowest BCUT2D eigenvalue weighted by Crippen LogP contribution is -2.19. The molecular weight excluding hydrogens is 278 g/mol. The molecular formula is C11H11N7O3. The van der Waals surface area contributed by atoms with Gasteiger partial charge in [-0.15, -0.1) is 0 Å². The van der Waals surface area contributed by atoms with Gasteiger partial charge in [-0.3, -0.25) is 9.78 Å². The lowest BCUT2D eigenvalue weighted by Gasteiger charge is -1.97. The van der Waals surface area contributed by atoms with E-state index in [2.05, 4.69) is 25.6 Å². The highest BCUT2D eigenvalue weighted by atomic mass is 16.6. The number of hydrogen-bond acceptors (Lipinski definition) is 7. The third kappa shape index (κ3) is 4.45. The van der Waals surface area contributed by atoms with Crippen molar-refractivity contribution in [2.24, 2.45) is 5.10 Å². The fourth-order valence-corrected chi connectivity index (χ4v) is 1.38. The van der Waals surface area contributed by atoms with Crippen LogP contribution in [-0.2, 0) is 11.3 Å². The van der Waals surface area contributed by atoms with E-state index in [0.717, 1.165) is 5.56 Å². The van der Waals surface area contributed by atoms with E-state index >= 15 is 0 Å². The second-order valence-corrected chi connectivity index (χ2v) is 3.89. The molecule has 0 unspecified atom stereocenters. The van der Waals surface area contributed by atoms with Gasteiger partial charge in [0.05, 0.1) is 12.8 Å². The molecule has 10 nitrogen and oxygen atoms in total. The highest BCUT2D eigenvalue weighted by Crippen LogP contribution is 2.00. The highest BCUT2D eigenvalue weighted by Gasteiger charge is 2.13. The molecule has 21 heavy (non-hydrogen) atoms. The van der Waals surface area contributed by atoms with Gasteiger partial charge in [-0.05, 0) is 22.6 Å². The molecule has 0 spiro atoms. The van der Waals surface area contributed by atoms with Crippen molar-refractivity contribution in [3.63, 3.8) is 0 Å². The van der Waals surface area contributed by atoms with Crippen LogP contribution >= 0.6 is 0 Å². The zero-order valence-electron chi connectivity index (χ0n) is 10.8. The monoisotopic (exact) mass is 289 g/mol. The van der Waals surface area contributed by atoms with Crippen molar-refractivity contribution in [1.82, 2.24) is 25.2 Å². The summed E-state index contributed by atoms with van der Waals surface area (Å²) < 4.78 is 1.23. The van der Waals surface area contributed by atoms with Crippen LogP contribution in [0.15, 0.2) is 36.0 Å². The molecule has 108 valence electrons. The van der Waals surface area contributed by atoms with Crippen LogP contribution in [0.1, 0.15) is 12.0 Å². The molecule has 2 aromatic rings. The number of aryl methyl sites for hydroxylation is 1. The summed E-state index contributed by atoms with van der Waals surface area (Å²) >= 11 is 0. The smallest absolute Gasteiger partial charge is 0.390 e. The quantitative estimate of drug-likeness (QED) is 0.457. The van der Waals surface area contributed by atoms with Gasteiger partial charge in [0.15, 0.2) is 0 Å². The summed E-state index contributed by atoms with van der Waals surface area (Å²) in [5, 5.41) is 17.8. The molecule has 2 heterocycles. The summed E-state index contributed by atoms with van der Waals surface area (Å²) in [6.45, 7) is 0.178. The van der Waals surface area contributed by atoms with E-state index in [9.17, 15) is 14.9 Å². The number of amides is 1. The minimum absolute atomic E-state index is 0.0776. The molecule has 0 aromatic carbocycles. The lowest BCUT2D eigenvalue weighted by molar-refractivity contribution is -0.394. The van der Waals surface area contributed by atoms with Gasteiger partial charge < -0.3 is 10.1 Å². The average Bonchev–Trinajstić information content (AvgIpc) is 2.95. The summed E-state index contributed by atoms with van der Waals surface area (Å²) in [5.41, 5.74) is 3.15. The Balaban J connectivity index is 1.77. The molecule has 0 bridgehead atoms. The average molecular weight is 289 g/mol. The molecule has 1 N–H and O–H groups in total. The van der Waals surface area contributed by atoms with E-state index in [1.807, 2.05) is 0 Å². The van der Waals surface area contributed by atoms with Crippen molar-refractivity contribution >= 4 is 18.1 Å². The molecule has 0 aliphatic rings.